The molecule has 1 aliphatic rings. The number of anilines is 1. The Bertz CT molecular complexity index is 338. The maximum atomic E-state index is 3.61. The molecule has 0 fully saturated rings. The minimum absolute atomic E-state index is 0.608. The van der Waals surface area contributed by atoms with E-state index in [-0.39, 0.29) is 0 Å². The molecule has 1 atom stereocenters. The van der Waals surface area contributed by atoms with Gasteiger partial charge in [0, 0.05) is 22.4 Å². The molecule has 1 unspecified atom stereocenters. The van der Waals surface area contributed by atoms with Crippen LogP contribution in [0.15, 0.2) is 23.1 Å². The molecule has 0 saturated heterocycles. The summed E-state index contributed by atoms with van der Waals surface area (Å²) < 4.78 is 0. The molecule has 0 aliphatic carbocycles. The molecule has 1 aromatic carbocycles. The van der Waals surface area contributed by atoms with Crippen LogP contribution in [0.1, 0.15) is 12.0 Å². The van der Waals surface area contributed by atoms with E-state index in [9.17, 15) is 0 Å². The second-order valence-corrected chi connectivity index (χ2v) is 5.11. The van der Waals surface area contributed by atoms with Crippen LogP contribution in [-0.2, 0) is 0 Å². The summed E-state index contributed by atoms with van der Waals surface area (Å²) in [6.07, 6.45) is 1.19. The second-order valence-electron chi connectivity index (χ2n) is 4.04. The smallest absolute Gasteiger partial charge is 0.0483 e. The van der Waals surface area contributed by atoms with E-state index in [2.05, 4.69) is 35.8 Å². The lowest BCUT2D eigenvalue weighted by molar-refractivity contribution is 0.658. The molecular weight excluding hydrogens is 204 g/mol. The Morgan fingerprint density at radius 3 is 3.20 bits per heavy atom. The molecule has 0 spiro atoms. The Morgan fingerprint density at radius 1 is 1.53 bits per heavy atom. The summed E-state index contributed by atoms with van der Waals surface area (Å²) in [5, 5.41) is 6.81. The van der Waals surface area contributed by atoms with E-state index in [1.807, 2.05) is 18.8 Å². The van der Waals surface area contributed by atoms with Gasteiger partial charge in [0.15, 0.2) is 0 Å². The average molecular weight is 222 g/mol. The third-order valence-corrected chi connectivity index (χ3v) is 3.91. The van der Waals surface area contributed by atoms with Crippen LogP contribution in [0.3, 0.4) is 0 Å². The maximum Gasteiger partial charge on any atom is 0.0483 e. The number of hydrogen-bond acceptors (Lipinski definition) is 3. The van der Waals surface area contributed by atoms with Gasteiger partial charge in [-0.1, -0.05) is 6.07 Å². The van der Waals surface area contributed by atoms with E-state index in [4.69, 9.17) is 0 Å². The molecule has 0 aromatic heterocycles. The summed E-state index contributed by atoms with van der Waals surface area (Å²) in [6.45, 7) is 3.23. The summed E-state index contributed by atoms with van der Waals surface area (Å²) in [7, 11) is 2.01. The third-order valence-electron chi connectivity index (χ3n) is 2.68. The number of hydrogen-bond donors (Lipinski definition) is 2. The fraction of sp³-hybridized carbons (Fsp3) is 0.500. The van der Waals surface area contributed by atoms with Crippen molar-refractivity contribution in [1.29, 1.82) is 0 Å². The average Bonchev–Trinajstić information content (AvgIpc) is 2.25. The molecule has 3 heteroatoms. The van der Waals surface area contributed by atoms with Gasteiger partial charge in [0.2, 0.25) is 0 Å². The van der Waals surface area contributed by atoms with Crippen molar-refractivity contribution in [2.75, 3.05) is 24.7 Å². The normalized spacial score (nSPS) is 19.5. The van der Waals surface area contributed by atoms with Crippen molar-refractivity contribution in [3.05, 3.63) is 23.8 Å². The second kappa shape index (κ2) is 4.90. The Kier molecular flexibility index (Phi) is 3.54. The molecule has 1 heterocycles. The molecule has 15 heavy (non-hydrogen) atoms. The highest BCUT2D eigenvalue weighted by Gasteiger charge is 2.17. The van der Waals surface area contributed by atoms with Crippen molar-refractivity contribution < 1.29 is 0 Å². The largest absolute Gasteiger partial charge is 0.381 e. The minimum atomic E-state index is 0.608. The fourth-order valence-corrected chi connectivity index (χ4v) is 2.88. The number of fused-ring (bicyclic) bond motifs is 1. The SMILES string of the molecule is CNCCC1CSc2ccc(C)cc2N1. The molecule has 0 bridgehead atoms. The minimum Gasteiger partial charge on any atom is -0.381 e. The summed E-state index contributed by atoms with van der Waals surface area (Å²) >= 11 is 1.97. The monoisotopic (exact) mass is 222 g/mol. The molecular formula is C12H18N2S. The topological polar surface area (TPSA) is 24.1 Å². The van der Waals surface area contributed by atoms with Crippen LogP contribution in [0.4, 0.5) is 5.69 Å². The zero-order valence-corrected chi connectivity index (χ0v) is 10.2. The first-order chi connectivity index (χ1) is 7.29. The van der Waals surface area contributed by atoms with Gasteiger partial charge in [-0.05, 0) is 44.6 Å². The van der Waals surface area contributed by atoms with Crippen LogP contribution in [0.25, 0.3) is 0 Å². The van der Waals surface area contributed by atoms with Crippen molar-refractivity contribution >= 4 is 17.4 Å². The molecule has 2 N–H and O–H groups in total. The zero-order valence-electron chi connectivity index (χ0n) is 9.34. The van der Waals surface area contributed by atoms with E-state index in [1.54, 1.807) is 0 Å². The molecule has 82 valence electrons. The maximum absolute atomic E-state index is 3.61. The van der Waals surface area contributed by atoms with E-state index >= 15 is 0 Å². The molecule has 1 aliphatic heterocycles. The van der Waals surface area contributed by atoms with E-state index < -0.39 is 0 Å². The van der Waals surface area contributed by atoms with Gasteiger partial charge in [-0.25, -0.2) is 0 Å². The predicted molar refractivity (Wildman–Crippen MR) is 67.9 cm³/mol. The zero-order chi connectivity index (χ0) is 10.7. The van der Waals surface area contributed by atoms with E-state index in [1.165, 1.54) is 28.3 Å². The van der Waals surface area contributed by atoms with Gasteiger partial charge >= 0.3 is 0 Å². The Hall–Kier alpha value is -0.670. The Morgan fingerprint density at radius 2 is 2.40 bits per heavy atom. The van der Waals surface area contributed by atoms with Crippen LogP contribution in [-0.4, -0.2) is 25.4 Å². The van der Waals surface area contributed by atoms with Gasteiger partial charge in [-0.15, -0.1) is 11.8 Å². The van der Waals surface area contributed by atoms with Crippen LogP contribution in [0, 0.1) is 6.92 Å². The first-order valence-corrected chi connectivity index (χ1v) is 6.43. The number of rotatable bonds is 3. The van der Waals surface area contributed by atoms with Gasteiger partial charge in [0.1, 0.15) is 0 Å². The van der Waals surface area contributed by atoms with Crippen LogP contribution in [0.2, 0.25) is 0 Å². The molecule has 2 nitrogen and oxygen atoms in total. The van der Waals surface area contributed by atoms with Gasteiger partial charge < -0.3 is 10.6 Å². The Labute approximate surface area is 95.8 Å². The lowest BCUT2D eigenvalue weighted by atomic mass is 10.1. The van der Waals surface area contributed by atoms with Crippen molar-refractivity contribution in [2.45, 2.75) is 24.3 Å². The van der Waals surface area contributed by atoms with E-state index in [0.717, 1.165) is 6.54 Å². The lowest BCUT2D eigenvalue weighted by Gasteiger charge is -2.26. The first-order valence-electron chi connectivity index (χ1n) is 5.44. The van der Waals surface area contributed by atoms with Crippen LogP contribution < -0.4 is 10.6 Å². The van der Waals surface area contributed by atoms with Gasteiger partial charge in [-0.2, -0.15) is 0 Å². The standard InChI is InChI=1S/C12H18N2S/c1-9-3-4-12-11(7-9)14-10(8-15-12)5-6-13-2/h3-4,7,10,13-14H,5-6,8H2,1-2H3. The summed E-state index contributed by atoms with van der Waals surface area (Å²) in [5.74, 6) is 1.18. The van der Waals surface area contributed by atoms with Gasteiger partial charge in [-0.3, -0.25) is 0 Å². The summed E-state index contributed by atoms with van der Waals surface area (Å²) in [5.41, 5.74) is 2.64. The molecule has 0 saturated carbocycles. The van der Waals surface area contributed by atoms with E-state index in [0.29, 0.717) is 6.04 Å². The lowest BCUT2D eigenvalue weighted by Crippen LogP contribution is -2.29. The molecule has 1 aromatic rings. The highest BCUT2D eigenvalue weighted by molar-refractivity contribution is 7.99. The highest BCUT2D eigenvalue weighted by atomic mass is 32.2. The molecule has 0 radical (unpaired) electrons. The summed E-state index contributed by atoms with van der Waals surface area (Å²) in [6, 6.07) is 7.25. The summed E-state index contributed by atoms with van der Waals surface area (Å²) in [4.78, 5) is 1.39. The molecule has 2 rings (SSSR count). The highest BCUT2D eigenvalue weighted by Crippen LogP contribution is 2.34. The van der Waals surface area contributed by atoms with Crippen molar-refractivity contribution in [2.24, 2.45) is 0 Å². The Balaban J connectivity index is 2.05. The molecule has 0 amide bonds. The van der Waals surface area contributed by atoms with Crippen molar-refractivity contribution in [3.63, 3.8) is 0 Å². The third kappa shape index (κ3) is 2.67. The number of thioether (sulfide) groups is 1. The van der Waals surface area contributed by atoms with Crippen molar-refractivity contribution in [1.82, 2.24) is 5.32 Å². The predicted octanol–water partition coefficient (Wildman–Crippen LogP) is 2.49. The van der Waals surface area contributed by atoms with Crippen molar-refractivity contribution in [3.8, 4) is 0 Å². The van der Waals surface area contributed by atoms with Crippen LogP contribution in [0.5, 0.6) is 0 Å². The number of aryl methyl sites for hydroxylation is 1. The van der Waals surface area contributed by atoms with Gasteiger partial charge in [0.05, 0.1) is 0 Å². The number of benzene rings is 1. The van der Waals surface area contributed by atoms with Crippen LogP contribution >= 0.6 is 11.8 Å². The quantitative estimate of drug-likeness (QED) is 0.821. The number of nitrogens with one attached hydrogen (secondary N) is 2. The first kappa shape index (κ1) is 10.8. The fourth-order valence-electron chi connectivity index (χ4n) is 1.81. The van der Waals surface area contributed by atoms with Gasteiger partial charge in [0.25, 0.3) is 0 Å².